The van der Waals surface area contributed by atoms with E-state index in [0.29, 0.717) is 6.54 Å². The summed E-state index contributed by atoms with van der Waals surface area (Å²) in [6.07, 6.45) is 2.00. The van der Waals surface area contributed by atoms with Crippen molar-refractivity contribution in [1.82, 2.24) is 0 Å². The lowest BCUT2D eigenvalue weighted by Gasteiger charge is -2.18. The number of hydrogen-bond donors (Lipinski definition) is 0. The molecule has 0 heterocycles. The van der Waals surface area contributed by atoms with Crippen molar-refractivity contribution < 1.29 is 0 Å². The Morgan fingerprint density at radius 1 is 1.33 bits per heavy atom. The smallest absolute Gasteiger partial charge is 0.0484 e. The molecule has 0 fully saturated rings. The average molecular weight is 264 g/mol. The van der Waals surface area contributed by atoms with E-state index < -0.39 is 0 Å². The Kier molecular flexibility index (Phi) is 3.09. The number of fused-ring (bicyclic) bond motifs is 1. The number of hydrogen-bond acceptors (Lipinski definition) is 1. The summed E-state index contributed by atoms with van der Waals surface area (Å²) in [6, 6.07) is 8.31. The zero-order valence-electron chi connectivity index (χ0n) is 8.15. The minimum absolute atomic E-state index is 0.464. The molecule has 15 heavy (non-hydrogen) atoms. The molecule has 0 bridgehead atoms. The van der Waals surface area contributed by atoms with Gasteiger partial charge in [0, 0.05) is 15.9 Å². The van der Waals surface area contributed by atoms with Crippen LogP contribution in [0.15, 0.2) is 35.0 Å². The molecule has 0 N–H and O–H groups in total. The van der Waals surface area contributed by atoms with Gasteiger partial charge >= 0.3 is 0 Å². The normalized spacial score (nSPS) is 14.5. The van der Waals surface area contributed by atoms with E-state index in [1.165, 1.54) is 16.7 Å². The van der Waals surface area contributed by atoms with Gasteiger partial charge in [-0.05, 0) is 35.1 Å². The molecule has 0 aromatic heterocycles. The van der Waals surface area contributed by atoms with Crippen LogP contribution in [-0.4, -0.2) is 6.54 Å². The van der Waals surface area contributed by atoms with Gasteiger partial charge < -0.3 is 0 Å². The third kappa shape index (κ3) is 2.06. The maximum Gasteiger partial charge on any atom is 0.0484 e. The number of benzene rings is 1. The maximum absolute atomic E-state index is 8.30. The van der Waals surface area contributed by atoms with Crippen molar-refractivity contribution in [3.05, 3.63) is 51.4 Å². The minimum atomic E-state index is 0.464. The monoisotopic (exact) mass is 263 g/mol. The Labute approximate surface area is 96.6 Å². The van der Waals surface area contributed by atoms with E-state index in [1.54, 1.807) is 0 Å². The molecular weight excluding hydrogens is 254 g/mol. The fourth-order valence-electron chi connectivity index (χ4n) is 1.80. The molecule has 3 nitrogen and oxygen atoms in total. The SMILES string of the molecule is [N-]=[N+]=NCC1=C(Br)c2ccccc2CC1. The van der Waals surface area contributed by atoms with E-state index in [1.807, 2.05) is 6.07 Å². The highest BCUT2D eigenvalue weighted by molar-refractivity contribution is 9.15. The van der Waals surface area contributed by atoms with Gasteiger partial charge in [-0.3, -0.25) is 0 Å². The van der Waals surface area contributed by atoms with Crippen LogP contribution in [0.25, 0.3) is 14.9 Å². The summed E-state index contributed by atoms with van der Waals surface area (Å²) >= 11 is 3.58. The first kappa shape index (κ1) is 10.3. The summed E-state index contributed by atoms with van der Waals surface area (Å²) in [5, 5.41) is 3.61. The minimum Gasteiger partial charge on any atom is -0.0896 e. The van der Waals surface area contributed by atoms with Crippen molar-refractivity contribution in [2.45, 2.75) is 12.8 Å². The second kappa shape index (κ2) is 4.51. The summed E-state index contributed by atoms with van der Waals surface area (Å²) in [5.74, 6) is 0. The van der Waals surface area contributed by atoms with Crippen molar-refractivity contribution in [3.63, 3.8) is 0 Å². The average Bonchev–Trinajstić information content (AvgIpc) is 2.29. The molecule has 76 valence electrons. The number of rotatable bonds is 2. The Balaban J connectivity index is 2.39. The second-order valence-electron chi connectivity index (χ2n) is 3.46. The highest BCUT2D eigenvalue weighted by Crippen LogP contribution is 2.35. The molecule has 0 atom stereocenters. The predicted octanol–water partition coefficient (Wildman–Crippen LogP) is 4.05. The molecule has 0 radical (unpaired) electrons. The maximum atomic E-state index is 8.30. The Hall–Kier alpha value is -1.25. The van der Waals surface area contributed by atoms with Gasteiger partial charge in [0.1, 0.15) is 0 Å². The largest absolute Gasteiger partial charge is 0.0896 e. The van der Waals surface area contributed by atoms with Crippen molar-refractivity contribution >= 4 is 20.4 Å². The molecule has 0 unspecified atom stereocenters. The number of aryl methyl sites for hydroxylation is 1. The quantitative estimate of drug-likeness (QED) is 0.439. The summed E-state index contributed by atoms with van der Waals surface area (Å²) < 4.78 is 1.09. The van der Waals surface area contributed by atoms with E-state index in [-0.39, 0.29) is 0 Å². The molecule has 0 spiro atoms. The lowest BCUT2D eigenvalue weighted by molar-refractivity contribution is 0.888. The molecule has 0 saturated heterocycles. The molecule has 1 aromatic rings. The van der Waals surface area contributed by atoms with Gasteiger partial charge in [-0.1, -0.05) is 45.3 Å². The number of azide groups is 1. The molecule has 0 aliphatic heterocycles. The summed E-state index contributed by atoms with van der Waals surface area (Å²) in [5.41, 5.74) is 12.1. The van der Waals surface area contributed by atoms with Gasteiger partial charge in [0.15, 0.2) is 0 Å². The lowest BCUT2D eigenvalue weighted by atomic mass is 9.92. The van der Waals surface area contributed by atoms with Gasteiger partial charge in [0.05, 0.1) is 0 Å². The van der Waals surface area contributed by atoms with Crippen LogP contribution in [0.4, 0.5) is 0 Å². The molecule has 1 aliphatic rings. The topological polar surface area (TPSA) is 48.8 Å². The fraction of sp³-hybridized carbons (Fsp3) is 0.273. The molecular formula is C11H10BrN3. The number of halogens is 1. The van der Waals surface area contributed by atoms with E-state index >= 15 is 0 Å². The van der Waals surface area contributed by atoms with Crippen molar-refractivity contribution in [2.75, 3.05) is 6.54 Å². The first-order chi connectivity index (χ1) is 7.33. The van der Waals surface area contributed by atoms with Crippen LogP contribution in [0.2, 0.25) is 0 Å². The molecule has 2 rings (SSSR count). The second-order valence-corrected chi connectivity index (χ2v) is 4.26. The van der Waals surface area contributed by atoms with Gasteiger partial charge in [0.25, 0.3) is 0 Å². The lowest BCUT2D eigenvalue weighted by Crippen LogP contribution is -2.03. The van der Waals surface area contributed by atoms with Gasteiger partial charge in [0.2, 0.25) is 0 Å². The molecule has 1 aliphatic carbocycles. The Morgan fingerprint density at radius 3 is 2.93 bits per heavy atom. The molecule has 1 aromatic carbocycles. The van der Waals surface area contributed by atoms with Gasteiger partial charge in [-0.25, -0.2) is 0 Å². The van der Waals surface area contributed by atoms with Gasteiger partial charge in [-0.2, -0.15) is 0 Å². The van der Waals surface area contributed by atoms with Crippen LogP contribution in [-0.2, 0) is 6.42 Å². The van der Waals surface area contributed by atoms with Crippen LogP contribution in [0.5, 0.6) is 0 Å². The summed E-state index contributed by atoms with van der Waals surface area (Å²) in [6.45, 7) is 0.464. The first-order valence-electron chi connectivity index (χ1n) is 4.79. The highest BCUT2D eigenvalue weighted by atomic mass is 79.9. The van der Waals surface area contributed by atoms with E-state index in [0.717, 1.165) is 17.3 Å². The Morgan fingerprint density at radius 2 is 2.13 bits per heavy atom. The summed E-state index contributed by atoms with van der Waals surface area (Å²) in [7, 11) is 0. The molecule has 0 amide bonds. The van der Waals surface area contributed by atoms with E-state index in [4.69, 9.17) is 5.53 Å². The van der Waals surface area contributed by atoms with Crippen LogP contribution in [0.1, 0.15) is 17.5 Å². The third-order valence-corrected chi connectivity index (χ3v) is 3.57. The van der Waals surface area contributed by atoms with Crippen LogP contribution >= 0.6 is 15.9 Å². The van der Waals surface area contributed by atoms with Gasteiger partial charge in [-0.15, -0.1) is 0 Å². The zero-order valence-corrected chi connectivity index (χ0v) is 9.74. The van der Waals surface area contributed by atoms with Crippen LogP contribution < -0.4 is 0 Å². The van der Waals surface area contributed by atoms with Crippen molar-refractivity contribution in [1.29, 1.82) is 0 Å². The third-order valence-electron chi connectivity index (χ3n) is 2.59. The highest BCUT2D eigenvalue weighted by Gasteiger charge is 2.15. The fourth-order valence-corrected chi connectivity index (χ4v) is 2.51. The van der Waals surface area contributed by atoms with Crippen molar-refractivity contribution in [2.24, 2.45) is 5.11 Å². The number of nitrogens with zero attached hydrogens (tertiary/aromatic N) is 3. The molecule has 0 saturated carbocycles. The van der Waals surface area contributed by atoms with Crippen molar-refractivity contribution in [3.8, 4) is 0 Å². The molecule has 4 heteroatoms. The van der Waals surface area contributed by atoms with Crippen LogP contribution in [0.3, 0.4) is 0 Å². The first-order valence-corrected chi connectivity index (χ1v) is 5.59. The zero-order chi connectivity index (χ0) is 10.7. The Bertz CT molecular complexity index is 459. The van der Waals surface area contributed by atoms with E-state index in [9.17, 15) is 0 Å². The predicted molar refractivity (Wildman–Crippen MR) is 64.6 cm³/mol. The standard InChI is InChI=1S/C11H10BrN3/c12-11-9(7-14-15-13)6-5-8-3-1-2-4-10(8)11/h1-4H,5-7H2. The van der Waals surface area contributed by atoms with Crippen LogP contribution in [0, 0.1) is 0 Å². The summed E-state index contributed by atoms with van der Waals surface area (Å²) in [4.78, 5) is 2.79. The van der Waals surface area contributed by atoms with E-state index in [2.05, 4.69) is 44.2 Å².